The minimum Gasteiger partial charge on any atom is -0.373 e. The van der Waals surface area contributed by atoms with Gasteiger partial charge in [0, 0.05) is 47.4 Å². The van der Waals surface area contributed by atoms with Crippen molar-refractivity contribution in [2.75, 3.05) is 32.1 Å². The standard InChI is InChI=1S/C25H27N5O2S/c1-26-11-12-30(2)20-9-7-17(8-10-20)25(32)29-23-22-14-18(5-6-19(22)15-27-23)24(31)28-16-21-4-3-13-33-21/h3-10,13-14,26H,11-12,15-16H2,1-2H3,(H,28,31)(H,27,29,32). The molecule has 2 amide bonds. The van der Waals surface area contributed by atoms with Crippen LogP contribution < -0.4 is 20.9 Å². The second-order valence-electron chi connectivity index (χ2n) is 7.82. The molecule has 0 fully saturated rings. The van der Waals surface area contributed by atoms with Crippen LogP contribution in [0.25, 0.3) is 0 Å². The second-order valence-corrected chi connectivity index (χ2v) is 8.86. The third-order valence-corrected chi connectivity index (χ3v) is 6.41. The van der Waals surface area contributed by atoms with Crippen LogP contribution in [0, 0.1) is 0 Å². The third-order valence-electron chi connectivity index (χ3n) is 5.54. The number of rotatable bonds is 8. The molecule has 3 aromatic rings. The van der Waals surface area contributed by atoms with Gasteiger partial charge in [-0.05, 0) is 60.5 Å². The molecule has 2 heterocycles. The molecule has 0 saturated carbocycles. The zero-order valence-corrected chi connectivity index (χ0v) is 19.5. The summed E-state index contributed by atoms with van der Waals surface area (Å²) in [5.74, 6) is 0.124. The second kappa shape index (κ2) is 10.4. The Kier molecular flexibility index (Phi) is 7.16. The fraction of sp³-hybridized carbons (Fsp3) is 0.240. The number of aliphatic imine (C=N–C) groups is 1. The molecular formula is C25H27N5O2S. The Hall–Kier alpha value is -3.49. The summed E-state index contributed by atoms with van der Waals surface area (Å²) >= 11 is 1.60. The van der Waals surface area contributed by atoms with Crippen LogP contribution in [0.3, 0.4) is 0 Å². The van der Waals surface area contributed by atoms with Crippen molar-refractivity contribution in [1.82, 2.24) is 16.0 Å². The highest BCUT2D eigenvalue weighted by Gasteiger charge is 2.20. The predicted octanol–water partition coefficient (Wildman–Crippen LogP) is 3.02. The third kappa shape index (κ3) is 5.47. The van der Waals surface area contributed by atoms with E-state index in [0.29, 0.717) is 30.1 Å². The van der Waals surface area contributed by atoms with Crippen LogP contribution in [0.2, 0.25) is 0 Å². The highest BCUT2D eigenvalue weighted by Crippen LogP contribution is 2.21. The molecule has 0 atom stereocenters. The van der Waals surface area contributed by atoms with Gasteiger partial charge >= 0.3 is 0 Å². The summed E-state index contributed by atoms with van der Waals surface area (Å²) in [6.07, 6.45) is 0. The number of thiophene rings is 1. The lowest BCUT2D eigenvalue weighted by Crippen LogP contribution is -2.31. The number of carbonyl (C=O) groups is 2. The van der Waals surface area contributed by atoms with Crippen LogP contribution >= 0.6 is 11.3 Å². The Labute approximate surface area is 197 Å². The lowest BCUT2D eigenvalue weighted by molar-refractivity contribution is 0.0949. The number of nitrogens with zero attached hydrogens (tertiary/aromatic N) is 2. The largest absolute Gasteiger partial charge is 0.373 e. The topological polar surface area (TPSA) is 85.8 Å². The zero-order valence-electron chi connectivity index (χ0n) is 18.7. The summed E-state index contributed by atoms with van der Waals surface area (Å²) in [7, 11) is 3.94. The lowest BCUT2D eigenvalue weighted by Gasteiger charge is -2.19. The van der Waals surface area contributed by atoms with Crippen LogP contribution in [-0.4, -0.2) is 44.8 Å². The van der Waals surface area contributed by atoms with Gasteiger partial charge in [0.25, 0.3) is 11.8 Å². The Bertz CT molecular complexity index is 1160. The van der Waals surface area contributed by atoms with Crippen molar-refractivity contribution in [2.45, 2.75) is 13.1 Å². The van der Waals surface area contributed by atoms with E-state index in [-0.39, 0.29) is 11.8 Å². The molecule has 33 heavy (non-hydrogen) atoms. The van der Waals surface area contributed by atoms with Gasteiger partial charge in [-0.3, -0.25) is 14.6 Å². The maximum atomic E-state index is 12.8. The van der Waals surface area contributed by atoms with Crippen molar-refractivity contribution >= 4 is 34.7 Å². The van der Waals surface area contributed by atoms with E-state index in [0.717, 1.165) is 34.8 Å². The molecule has 0 radical (unpaired) electrons. The van der Waals surface area contributed by atoms with Gasteiger partial charge in [-0.15, -0.1) is 11.3 Å². The molecule has 1 aromatic heterocycles. The predicted molar refractivity (Wildman–Crippen MR) is 133 cm³/mol. The van der Waals surface area contributed by atoms with Gasteiger partial charge < -0.3 is 20.9 Å². The molecule has 3 N–H and O–H groups in total. The van der Waals surface area contributed by atoms with E-state index in [2.05, 4.69) is 25.8 Å². The number of benzene rings is 2. The summed E-state index contributed by atoms with van der Waals surface area (Å²) in [5.41, 5.74) is 3.92. The first-order chi connectivity index (χ1) is 16.0. The van der Waals surface area contributed by atoms with E-state index in [1.807, 2.05) is 61.9 Å². The van der Waals surface area contributed by atoms with Crippen LogP contribution in [0.5, 0.6) is 0 Å². The molecule has 4 rings (SSSR count). The number of carbonyl (C=O) groups excluding carboxylic acids is 2. The molecule has 1 aliphatic rings. The average Bonchev–Trinajstić information content (AvgIpc) is 3.51. The van der Waals surface area contributed by atoms with Gasteiger partial charge in [0.15, 0.2) is 0 Å². The normalized spacial score (nSPS) is 12.1. The molecular weight excluding hydrogens is 434 g/mol. The monoisotopic (exact) mass is 461 g/mol. The van der Waals surface area contributed by atoms with Crippen molar-refractivity contribution in [3.8, 4) is 0 Å². The van der Waals surface area contributed by atoms with E-state index in [4.69, 9.17) is 0 Å². The summed E-state index contributed by atoms with van der Waals surface area (Å²) in [6.45, 7) is 2.73. The van der Waals surface area contributed by atoms with Crippen molar-refractivity contribution in [3.05, 3.63) is 87.1 Å². The van der Waals surface area contributed by atoms with E-state index >= 15 is 0 Å². The van der Waals surface area contributed by atoms with E-state index in [9.17, 15) is 9.59 Å². The highest BCUT2D eigenvalue weighted by molar-refractivity contribution is 7.09. The number of likely N-dealkylation sites (N-methyl/N-ethyl adjacent to an activating group) is 2. The number of amides is 2. The highest BCUT2D eigenvalue weighted by atomic mass is 32.1. The maximum absolute atomic E-state index is 12.8. The van der Waals surface area contributed by atoms with Gasteiger partial charge in [-0.25, -0.2) is 0 Å². The van der Waals surface area contributed by atoms with E-state index in [1.165, 1.54) is 0 Å². The van der Waals surface area contributed by atoms with Gasteiger partial charge in [-0.2, -0.15) is 0 Å². The molecule has 0 aliphatic carbocycles. The van der Waals surface area contributed by atoms with Gasteiger partial charge in [0.1, 0.15) is 5.84 Å². The summed E-state index contributed by atoms with van der Waals surface area (Å²) in [6, 6.07) is 16.9. The van der Waals surface area contributed by atoms with E-state index in [1.54, 1.807) is 23.5 Å². The fourth-order valence-corrected chi connectivity index (χ4v) is 4.22. The van der Waals surface area contributed by atoms with Crippen LogP contribution in [0.4, 0.5) is 5.69 Å². The molecule has 0 spiro atoms. The number of hydrogen-bond acceptors (Lipinski definition) is 6. The number of anilines is 1. The Balaban J connectivity index is 1.40. The first-order valence-electron chi connectivity index (χ1n) is 10.8. The molecule has 0 unspecified atom stereocenters. The minimum absolute atomic E-state index is 0.151. The first kappa shape index (κ1) is 22.7. The smallest absolute Gasteiger partial charge is 0.256 e. The van der Waals surface area contributed by atoms with Crippen molar-refractivity contribution in [1.29, 1.82) is 0 Å². The molecule has 0 bridgehead atoms. The van der Waals surface area contributed by atoms with Crippen molar-refractivity contribution in [2.24, 2.45) is 4.99 Å². The summed E-state index contributed by atoms with van der Waals surface area (Å²) < 4.78 is 0. The Morgan fingerprint density at radius 2 is 1.85 bits per heavy atom. The molecule has 7 nitrogen and oxygen atoms in total. The van der Waals surface area contributed by atoms with Gasteiger partial charge in [0.05, 0.1) is 13.1 Å². The summed E-state index contributed by atoms with van der Waals surface area (Å²) in [4.78, 5) is 33.1. The van der Waals surface area contributed by atoms with Crippen LogP contribution in [0.15, 0.2) is 65.0 Å². The fourth-order valence-electron chi connectivity index (χ4n) is 3.57. The molecule has 2 aromatic carbocycles. The maximum Gasteiger partial charge on any atom is 0.256 e. The van der Waals surface area contributed by atoms with E-state index < -0.39 is 0 Å². The van der Waals surface area contributed by atoms with Crippen molar-refractivity contribution in [3.63, 3.8) is 0 Å². The molecule has 1 aliphatic heterocycles. The first-order valence-corrected chi connectivity index (χ1v) is 11.7. The zero-order chi connectivity index (χ0) is 23.2. The summed E-state index contributed by atoms with van der Waals surface area (Å²) in [5, 5.41) is 11.0. The molecule has 8 heteroatoms. The Morgan fingerprint density at radius 3 is 2.58 bits per heavy atom. The molecule has 0 saturated heterocycles. The SMILES string of the molecule is CNCCN(C)c1ccc(C(=O)NC2=NCc3ccc(C(=O)NCc4cccs4)cc32)cc1. The number of fused-ring (bicyclic) bond motifs is 1. The van der Waals surface area contributed by atoms with Crippen molar-refractivity contribution < 1.29 is 9.59 Å². The van der Waals surface area contributed by atoms with Gasteiger partial charge in [0.2, 0.25) is 0 Å². The lowest BCUT2D eigenvalue weighted by atomic mass is 10.0. The Morgan fingerprint density at radius 1 is 1.06 bits per heavy atom. The van der Waals surface area contributed by atoms with Crippen LogP contribution in [0.1, 0.15) is 36.7 Å². The number of hydrogen-bond donors (Lipinski definition) is 3. The molecule has 170 valence electrons. The number of amidine groups is 1. The van der Waals surface area contributed by atoms with Crippen LogP contribution in [-0.2, 0) is 13.1 Å². The average molecular weight is 462 g/mol. The van der Waals surface area contributed by atoms with Gasteiger partial charge in [-0.1, -0.05) is 12.1 Å². The minimum atomic E-state index is -0.224. The quantitative estimate of drug-likeness (QED) is 0.481. The number of nitrogens with one attached hydrogen (secondary N) is 3.